The van der Waals surface area contributed by atoms with Crippen molar-refractivity contribution < 1.29 is 22.7 Å². The van der Waals surface area contributed by atoms with Gasteiger partial charge in [-0.1, -0.05) is 29.3 Å². The molecule has 27 heavy (non-hydrogen) atoms. The van der Waals surface area contributed by atoms with Crippen molar-refractivity contribution in [1.29, 1.82) is 0 Å². The molecule has 0 aromatic carbocycles. The van der Waals surface area contributed by atoms with E-state index in [0.29, 0.717) is 17.3 Å². The fourth-order valence-corrected chi connectivity index (χ4v) is 3.09. The van der Waals surface area contributed by atoms with E-state index in [4.69, 9.17) is 23.2 Å². The van der Waals surface area contributed by atoms with E-state index >= 15 is 0 Å². The summed E-state index contributed by atoms with van der Waals surface area (Å²) in [5, 5.41) is 0.337. The SMILES string of the molecule is CC(c1cnc(OCC(F)(F)F)c(Cl)c1)N(C)CC1C(Cl)=NC=CC1C=O. The van der Waals surface area contributed by atoms with Crippen LogP contribution in [-0.4, -0.2) is 47.7 Å². The summed E-state index contributed by atoms with van der Waals surface area (Å²) in [6, 6.07) is 1.32. The van der Waals surface area contributed by atoms with Crippen LogP contribution in [0.5, 0.6) is 5.88 Å². The molecule has 0 spiro atoms. The number of nitrogens with zero attached hydrogens (tertiary/aromatic N) is 3. The Balaban J connectivity index is 2.07. The van der Waals surface area contributed by atoms with Crippen molar-refractivity contribution in [2.75, 3.05) is 20.2 Å². The first-order chi connectivity index (χ1) is 12.6. The highest BCUT2D eigenvalue weighted by molar-refractivity contribution is 6.66. The maximum absolute atomic E-state index is 12.2. The molecular weight excluding hydrogens is 406 g/mol. The van der Waals surface area contributed by atoms with Gasteiger partial charge >= 0.3 is 6.18 Å². The maximum atomic E-state index is 12.2. The molecule has 0 radical (unpaired) electrons. The highest BCUT2D eigenvalue weighted by Crippen LogP contribution is 2.30. The number of hydrogen-bond acceptors (Lipinski definition) is 5. The average Bonchev–Trinajstić information content (AvgIpc) is 2.60. The van der Waals surface area contributed by atoms with Crippen molar-refractivity contribution in [3.63, 3.8) is 0 Å². The van der Waals surface area contributed by atoms with Crippen LogP contribution in [0, 0.1) is 11.8 Å². The second kappa shape index (κ2) is 9.03. The van der Waals surface area contributed by atoms with E-state index in [9.17, 15) is 18.0 Å². The Morgan fingerprint density at radius 3 is 2.70 bits per heavy atom. The number of carbonyl (C=O) groups excluding carboxylic acids is 1. The van der Waals surface area contributed by atoms with Crippen LogP contribution in [0.2, 0.25) is 5.02 Å². The van der Waals surface area contributed by atoms with Crippen LogP contribution in [-0.2, 0) is 4.79 Å². The standard InChI is InChI=1S/C17H18Cl2F3N3O2/c1-10(25(2)7-13-11(8-26)3-4-23-15(13)19)12-5-14(18)16(24-6-12)27-9-17(20,21)22/h3-6,8,10-11,13H,7,9H2,1-2H3. The number of hydrogen-bond donors (Lipinski definition) is 0. The van der Waals surface area contributed by atoms with Crippen LogP contribution in [0.3, 0.4) is 0 Å². The van der Waals surface area contributed by atoms with Crippen molar-refractivity contribution in [3.8, 4) is 5.88 Å². The number of halogens is 5. The van der Waals surface area contributed by atoms with Crippen LogP contribution in [0.1, 0.15) is 18.5 Å². The lowest BCUT2D eigenvalue weighted by Crippen LogP contribution is -2.36. The van der Waals surface area contributed by atoms with Crippen molar-refractivity contribution in [1.82, 2.24) is 9.88 Å². The third kappa shape index (κ3) is 5.92. The highest BCUT2D eigenvalue weighted by Gasteiger charge is 2.30. The van der Waals surface area contributed by atoms with E-state index < -0.39 is 12.8 Å². The number of aromatic nitrogens is 1. The summed E-state index contributed by atoms with van der Waals surface area (Å²) in [4.78, 5) is 21.1. The van der Waals surface area contributed by atoms with Gasteiger partial charge in [0.25, 0.3) is 0 Å². The number of pyridine rings is 1. The minimum absolute atomic E-state index is 0.0111. The first-order valence-electron chi connectivity index (χ1n) is 8.02. The van der Waals surface area contributed by atoms with Gasteiger partial charge in [0.2, 0.25) is 5.88 Å². The van der Waals surface area contributed by atoms with Crippen LogP contribution < -0.4 is 4.74 Å². The summed E-state index contributed by atoms with van der Waals surface area (Å²) in [6.07, 6.45) is 0.952. The number of aliphatic imine (C=N–C) groups is 1. The molecular formula is C17H18Cl2F3N3O2. The lowest BCUT2D eigenvalue weighted by Gasteiger charge is -2.31. The molecule has 1 aliphatic rings. The number of carbonyl (C=O) groups is 1. The van der Waals surface area contributed by atoms with Gasteiger partial charge < -0.3 is 9.53 Å². The molecule has 5 nitrogen and oxygen atoms in total. The molecule has 0 saturated carbocycles. The van der Waals surface area contributed by atoms with Crippen molar-refractivity contribution in [2.24, 2.45) is 16.8 Å². The second-order valence-corrected chi connectivity index (χ2v) is 6.98. The zero-order valence-electron chi connectivity index (χ0n) is 14.6. The predicted molar refractivity (Wildman–Crippen MR) is 97.3 cm³/mol. The van der Waals surface area contributed by atoms with Gasteiger partial charge in [-0.25, -0.2) is 9.98 Å². The molecule has 0 aliphatic carbocycles. The van der Waals surface area contributed by atoms with Gasteiger partial charge in [-0.15, -0.1) is 0 Å². The number of rotatable bonds is 7. The first kappa shape index (κ1) is 21.7. The van der Waals surface area contributed by atoms with Gasteiger partial charge in [0, 0.05) is 36.8 Å². The monoisotopic (exact) mass is 423 g/mol. The van der Waals surface area contributed by atoms with E-state index in [1.807, 2.05) is 18.9 Å². The summed E-state index contributed by atoms with van der Waals surface area (Å²) in [5.74, 6) is -0.926. The van der Waals surface area contributed by atoms with Gasteiger partial charge in [0.05, 0.1) is 0 Å². The van der Waals surface area contributed by atoms with E-state index in [2.05, 4.69) is 14.7 Å². The quantitative estimate of drug-likeness (QED) is 0.614. The lowest BCUT2D eigenvalue weighted by atomic mass is 9.91. The fraction of sp³-hybridized carbons (Fsp3) is 0.471. The normalized spacial score (nSPS) is 21.1. The van der Waals surface area contributed by atoms with Gasteiger partial charge in [0.15, 0.2) is 6.61 Å². The molecule has 2 heterocycles. The fourth-order valence-electron chi connectivity index (χ4n) is 2.59. The third-order valence-corrected chi connectivity index (χ3v) is 4.91. The molecule has 0 amide bonds. The van der Waals surface area contributed by atoms with Gasteiger partial charge in [-0.2, -0.15) is 13.2 Å². The van der Waals surface area contributed by atoms with E-state index in [0.717, 1.165) is 6.29 Å². The van der Waals surface area contributed by atoms with Crippen LogP contribution >= 0.6 is 23.2 Å². The Labute approximate surface area is 164 Å². The van der Waals surface area contributed by atoms with Crippen molar-refractivity contribution in [3.05, 3.63) is 35.1 Å². The summed E-state index contributed by atoms with van der Waals surface area (Å²) >= 11 is 12.1. The smallest absolute Gasteiger partial charge is 0.422 e. The minimum Gasteiger partial charge on any atom is -0.467 e. The molecule has 1 aromatic heterocycles. The predicted octanol–water partition coefficient (Wildman–Crippen LogP) is 4.26. The van der Waals surface area contributed by atoms with Crippen molar-refractivity contribution >= 4 is 34.7 Å². The Bertz CT molecular complexity index is 741. The Kier molecular flexibility index (Phi) is 7.25. The number of ether oxygens (including phenoxy) is 1. The minimum atomic E-state index is -4.47. The van der Waals surface area contributed by atoms with Gasteiger partial charge in [-0.3, -0.25) is 4.90 Å². The maximum Gasteiger partial charge on any atom is 0.422 e. The van der Waals surface area contributed by atoms with Crippen LogP contribution in [0.25, 0.3) is 0 Å². The Morgan fingerprint density at radius 2 is 2.11 bits per heavy atom. The molecule has 3 atom stereocenters. The summed E-state index contributed by atoms with van der Waals surface area (Å²) < 4.78 is 41.3. The first-order valence-corrected chi connectivity index (χ1v) is 8.78. The van der Waals surface area contributed by atoms with Crippen LogP contribution in [0.15, 0.2) is 29.5 Å². The molecule has 1 aliphatic heterocycles. The molecule has 0 saturated heterocycles. The number of alkyl halides is 3. The summed E-state index contributed by atoms with van der Waals surface area (Å²) in [7, 11) is 1.83. The Morgan fingerprint density at radius 1 is 1.41 bits per heavy atom. The second-order valence-electron chi connectivity index (χ2n) is 6.19. The van der Waals surface area contributed by atoms with Gasteiger partial charge in [0.1, 0.15) is 16.5 Å². The van der Waals surface area contributed by atoms with E-state index in [1.54, 1.807) is 6.08 Å². The topological polar surface area (TPSA) is 54.8 Å². The zero-order valence-corrected chi connectivity index (χ0v) is 16.1. The van der Waals surface area contributed by atoms with E-state index in [-0.39, 0.29) is 28.8 Å². The van der Waals surface area contributed by atoms with Crippen LogP contribution in [0.4, 0.5) is 13.2 Å². The average molecular weight is 424 g/mol. The summed E-state index contributed by atoms with van der Waals surface area (Å²) in [6.45, 7) is 0.860. The molecule has 2 rings (SSSR count). The number of aldehydes is 1. The summed E-state index contributed by atoms with van der Waals surface area (Å²) in [5.41, 5.74) is 0.684. The molecule has 0 bridgehead atoms. The Hall–Kier alpha value is -1.64. The van der Waals surface area contributed by atoms with E-state index in [1.165, 1.54) is 18.5 Å². The molecule has 1 aromatic rings. The number of allylic oxidation sites excluding steroid dienone is 1. The van der Waals surface area contributed by atoms with Crippen molar-refractivity contribution in [2.45, 2.75) is 19.1 Å². The largest absolute Gasteiger partial charge is 0.467 e. The molecule has 0 fully saturated rings. The molecule has 0 N–H and O–H groups in total. The highest BCUT2D eigenvalue weighted by atomic mass is 35.5. The molecule has 10 heteroatoms. The lowest BCUT2D eigenvalue weighted by molar-refractivity contribution is -0.154. The zero-order chi connectivity index (χ0) is 20.2. The molecule has 3 unspecified atom stereocenters. The van der Waals surface area contributed by atoms with Gasteiger partial charge in [-0.05, 0) is 25.6 Å². The molecule has 148 valence electrons. The third-order valence-electron chi connectivity index (χ3n) is 4.26.